The molecule has 0 spiro atoms. The molecule has 0 aromatic carbocycles. The summed E-state index contributed by atoms with van der Waals surface area (Å²) in [5, 5.41) is 5.61. The predicted molar refractivity (Wildman–Crippen MR) is 60.1 cm³/mol. The first-order valence-corrected chi connectivity index (χ1v) is 4.89. The smallest absolute Gasteiger partial charge is 0.237 e. The number of alkyl halides is 1. The molecule has 1 fully saturated rings. The van der Waals surface area contributed by atoms with E-state index in [0.29, 0.717) is 19.5 Å². The van der Waals surface area contributed by atoms with Crippen molar-refractivity contribution < 1.29 is 9.18 Å². The second-order valence-electron chi connectivity index (χ2n) is 3.89. The standard InChI is InChI=1S/C9H18FN3O.ClH/c1-13(2)4-3-11-9(14)8-5-7(10)6-12-8;/h7-8,12H,3-6H2,1-2H3,(H,11,14);1H/t7-,8+;/m0./s1. The Morgan fingerprint density at radius 2 is 2.27 bits per heavy atom. The third kappa shape index (κ3) is 5.30. The normalized spacial score (nSPS) is 25.1. The average molecular weight is 240 g/mol. The number of nitrogens with one attached hydrogen (secondary N) is 2. The third-order valence-corrected chi connectivity index (χ3v) is 2.25. The van der Waals surface area contributed by atoms with Gasteiger partial charge in [0.05, 0.1) is 6.04 Å². The summed E-state index contributed by atoms with van der Waals surface area (Å²) >= 11 is 0. The van der Waals surface area contributed by atoms with E-state index in [1.807, 2.05) is 19.0 Å². The Bertz CT molecular complexity index is 204. The summed E-state index contributed by atoms with van der Waals surface area (Å²) in [5.74, 6) is -0.0907. The van der Waals surface area contributed by atoms with Gasteiger partial charge in [0.15, 0.2) is 0 Å². The Labute approximate surface area is 96.0 Å². The van der Waals surface area contributed by atoms with Crippen molar-refractivity contribution in [1.29, 1.82) is 0 Å². The molecule has 6 heteroatoms. The molecule has 90 valence electrons. The molecular formula is C9H19ClFN3O. The maximum Gasteiger partial charge on any atom is 0.237 e. The fourth-order valence-electron chi connectivity index (χ4n) is 1.42. The van der Waals surface area contributed by atoms with Gasteiger partial charge in [0.2, 0.25) is 5.91 Å². The summed E-state index contributed by atoms with van der Waals surface area (Å²) in [6.07, 6.45) is -0.576. The van der Waals surface area contributed by atoms with E-state index in [-0.39, 0.29) is 24.4 Å². The van der Waals surface area contributed by atoms with Crippen molar-refractivity contribution in [3.05, 3.63) is 0 Å². The van der Waals surface area contributed by atoms with Crippen LogP contribution in [0, 0.1) is 0 Å². The molecule has 1 rings (SSSR count). The van der Waals surface area contributed by atoms with Gasteiger partial charge >= 0.3 is 0 Å². The van der Waals surface area contributed by atoms with Gasteiger partial charge in [-0.15, -0.1) is 12.4 Å². The monoisotopic (exact) mass is 239 g/mol. The Morgan fingerprint density at radius 3 is 2.73 bits per heavy atom. The SMILES string of the molecule is CN(C)CCNC(=O)[C@H]1C[C@H](F)CN1.Cl. The van der Waals surface area contributed by atoms with Crippen LogP contribution in [0.1, 0.15) is 6.42 Å². The Hall–Kier alpha value is -0.390. The van der Waals surface area contributed by atoms with Gasteiger partial charge in [-0.05, 0) is 14.1 Å². The number of hydrogen-bond acceptors (Lipinski definition) is 3. The van der Waals surface area contributed by atoms with Crippen LogP contribution in [0.5, 0.6) is 0 Å². The summed E-state index contributed by atoms with van der Waals surface area (Å²) in [4.78, 5) is 13.4. The molecule has 1 aliphatic rings. The molecule has 2 atom stereocenters. The van der Waals surface area contributed by atoms with E-state index in [4.69, 9.17) is 0 Å². The number of halogens is 2. The minimum Gasteiger partial charge on any atom is -0.353 e. The quantitative estimate of drug-likeness (QED) is 0.714. The third-order valence-electron chi connectivity index (χ3n) is 2.25. The topological polar surface area (TPSA) is 44.4 Å². The second kappa shape index (κ2) is 6.98. The van der Waals surface area contributed by atoms with Crippen LogP contribution in [0.25, 0.3) is 0 Å². The molecular weight excluding hydrogens is 221 g/mol. The fourth-order valence-corrected chi connectivity index (χ4v) is 1.42. The van der Waals surface area contributed by atoms with Crippen LogP contribution < -0.4 is 10.6 Å². The first kappa shape index (κ1) is 14.6. The molecule has 0 saturated carbocycles. The van der Waals surface area contributed by atoms with Gasteiger partial charge in [-0.3, -0.25) is 4.79 Å². The first-order valence-electron chi connectivity index (χ1n) is 4.89. The lowest BCUT2D eigenvalue weighted by atomic mass is 10.2. The zero-order valence-corrected chi connectivity index (χ0v) is 9.94. The molecule has 1 saturated heterocycles. The highest BCUT2D eigenvalue weighted by Crippen LogP contribution is 2.09. The lowest BCUT2D eigenvalue weighted by Gasteiger charge is -2.13. The highest BCUT2D eigenvalue weighted by molar-refractivity contribution is 5.85. The van der Waals surface area contributed by atoms with Crippen molar-refractivity contribution in [2.24, 2.45) is 0 Å². The second-order valence-corrected chi connectivity index (χ2v) is 3.89. The van der Waals surface area contributed by atoms with Gasteiger partial charge in [-0.2, -0.15) is 0 Å². The van der Waals surface area contributed by atoms with E-state index in [9.17, 15) is 9.18 Å². The molecule has 0 aliphatic carbocycles. The van der Waals surface area contributed by atoms with Crippen molar-refractivity contribution in [3.63, 3.8) is 0 Å². The number of carbonyl (C=O) groups is 1. The van der Waals surface area contributed by atoms with E-state index >= 15 is 0 Å². The molecule has 2 N–H and O–H groups in total. The summed E-state index contributed by atoms with van der Waals surface area (Å²) < 4.78 is 12.7. The molecule has 1 heterocycles. The van der Waals surface area contributed by atoms with Crippen molar-refractivity contribution in [1.82, 2.24) is 15.5 Å². The first-order chi connectivity index (χ1) is 6.59. The van der Waals surface area contributed by atoms with Crippen molar-refractivity contribution in [3.8, 4) is 0 Å². The van der Waals surface area contributed by atoms with Gasteiger partial charge < -0.3 is 15.5 Å². The predicted octanol–water partition coefficient (Wildman–Crippen LogP) is -0.214. The number of nitrogens with zero attached hydrogens (tertiary/aromatic N) is 1. The molecule has 0 bridgehead atoms. The van der Waals surface area contributed by atoms with Gasteiger partial charge in [0.1, 0.15) is 6.17 Å². The number of hydrogen-bond donors (Lipinski definition) is 2. The molecule has 0 aromatic rings. The van der Waals surface area contributed by atoms with Crippen LogP contribution >= 0.6 is 12.4 Å². The number of likely N-dealkylation sites (N-methyl/N-ethyl adjacent to an activating group) is 1. The minimum atomic E-state index is -0.875. The Balaban J connectivity index is 0.00000196. The molecule has 4 nitrogen and oxygen atoms in total. The van der Waals surface area contributed by atoms with E-state index in [1.54, 1.807) is 0 Å². The van der Waals surface area contributed by atoms with Gasteiger partial charge in [0.25, 0.3) is 0 Å². The van der Waals surface area contributed by atoms with E-state index in [1.165, 1.54) is 0 Å². The lowest BCUT2D eigenvalue weighted by molar-refractivity contribution is -0.122. The molecule has 0 aromatic heterocycles. The van der Waals surface area contributed by atoms with E-state index in [2.05, 4.69) is 10.6 Å². The highest BCUT2D eigenvalue weighted by atomic mass is 35.5. The summed E-state index contributed by atoms with van der Waals surface area (Å²) in [6.45, 7) is 1.71. The van der Waals surface area contributed by atoms with Gasteiger partial charge in [-0.1, -0.05) is 0 Å². The van der Waals surface area contributed by atoms with Crippen molar-refractivity contribution in [2.75, 3.05) is 33.7 Å². The van der Waals surface area contributed by atoms with Crippen LogP contribution in [0.3, 0.4) is 0 Å². The zero-order valence-electron chi connectivity index (χ0n) is 9.12. The largest absolute Gasteiger partial charge is 0.353 e. The zero-order chi connectivity index (χ0) is 10.6. The summed E-state index contributed by atoms with van der Waals surface area (Å²) in [5.41, 5.74) is 0. The molecule has 1 aliphatic heterocycles. The van der Waals surface area contributed by atoms with Gasteiger partial charge in [-0.25, -0.2) is 4.39 Å². The molecule has 1 amide bonds. The lowest BCUT2D eigenvalue weighted by Crippen LogP contribution is -2.42. The average Bonchev–Trinajstić information content (AvgIpc) is 2.51. The van der Waals surface area contributed by atoms with Gasteiger partial charge in [0, 0.05) is 26.1 Å². The maximum atomic E-state index is 12.7. The molecule has 15 heavy (non-hydrogen) atoms. The number of carbonyl (C=O) groups excluding carboxylic acids is 1. The van der Waals surface area contributed by atoms with Crippen molar-refractivity contribution in [2.45, 2.75) is 18.6 Å². The molecule has 0 radical (unpaired) electrons. The van der Waals surface area contributed by atoms with Crippen LogP contribution in [-0.2, 0) is 4.79 Å². The van der Waals surface area contributed by atoms with Crippen LogP contribution in [-0.4, -0.2) is 56.8 Å². The van der Waals surface area contributed by atoms with E-state index in [0.717, 1.165) is 6.54 Å². The summed E-state index contributed by atoms with van der Waals surface area (Å²) in [7, 11) is 3.88. The number of rotatable bonds is 4. The molecule has 0 unspecified atom stereocenters. The van der Waals surface area contributed by atoms with Crippen LogP contribution in [0.2, 0.25) is 0 Å². The van der Waals surface area contributed by atoms with Crippen LogP contribution in [0.4, 0.5) is 4.39 Å². The number of amides is 1. The maximum absolute atomic E-state index is 12.7. The minimum absolute atomic E-state index is 0. The van der Waals surface area contributed by atoms with Crippen LogP contribution in [0.15, 0.2) is 0 Å². The Morgan fingerprint density at radius 1 is 1.60 bits per heavy atom. The van der Waals surface area contributed by atoms with E-state index < -0.39 is 6.17 Å². The summed E-state index contributed by atoms with van der Waals surface area (Å²) in [6, 6.07) is -0.341. The Kier molecular flexibility index (Phi) is 6.80. The fraction of sp³-hybridized carbons (Fsp3) is 0.889. The van der Waals surface area contributed by atoms with Crippen molar-refractivity contribution >= 4 is 18.3 Å². The highest BCUT2D eigenvalue weighted by Gasteiger charge is 2.28.